The van der Waals surface area contributed by atoms with Gasteiger partial charge in [0, 0.05) is 17.0 Å². The average molecular weight is 352 g/mol. The van der Waals surface area contributed by atoms with Gasteiger partial charge in [-0.25, -0.2) is 4.98 Å². The van der Waals surface area contributed by atoms with Crippen LogP contribution in [-0.4, -0.2) is 17.6 Å². The standard InChI is InChI=1S/C9H4BrF6NO2/c10-2-4-5(8(11,12)13)1-7(17-6(4)3-18)19-9(14,15)16/h1,3H,2H2. The fraction of sp³-hybridized carbons (Fsp3) is 0.333. The van der Waals surface area contributed by atoms with Crippen LogP contribution in [0.5, 0.6) is 5.88 Å². The number of aldehydes is 1. The van der Waals surface area contributed by atoms with Gasteiger partial charge in [0.25, 0.3) is 0 Å². The first kappa shape index (κ1) is 15.7. The molecule has 0 aliphatic heterocycles. The zero-order valence-electron chi connectivity index (χ0n) is 8.77. The Morgan fingerprint density at radius 3 is 2.21 bits per heavy atom. The maximum atomic E-state index is 12.7. The molecule has 1 aromatic rings. The summed E-state index contributed by atoms with van der Waals surface area (Å²) in [6.45, 7) is 0. The van der Waals surface area contributed by atoms with Crippen LogP contribution in [0.3, 0.4) is 0 Å². The molecule has 1 rings (SSSR count). The van der Waals surface area contributed by atoms with Crippen LogP contribution in [0.2, 0.25) is 0 Å². The number of aromatic nitrogens is 1. The summed E-state index contributed by atoms with van der Waals surface area (Å²) < 4.78 is 77.1. The second-order valence-electron chi connectivity index (χ2n) is 3.17. The number of pyridine rings is 1. The largest absolute Gasteiger partial charge is 0.574 e. The number of hydrogen-bond donors (Lipinski definition) is 0. The van der Waals surface area contributed by atoms with Gasteiger partial charge >= 0.3 is 12.5 Å². The summed E-state index contributed by atoms with van der Waals surface area (Å²) in [7, 11) is 0. The summed E-state index contributed by atoms with van der Waals surface area (Å²) in [5.74, 6) is -1.34. The van der Waals surface area contributed by atoms with Crippen LogP contribution in [0.15, 0.2) is 6.07 Å². The fourth-order valence-corrected chi connectivity index (χ4v) is 1.82. The highest BCUT2D eigenvalue weighted by molar-refractivity contribution is 9.08. The molecule has 1 aromatic heterocycles. The van der Waals surface area contributed by atoms with E-state index >= 15 is 0 Å². The minimum atomic E-state index is -5.20. The van der Waals surface area contributed by atoms with Gasteiger partial charge in [-0.05, 0) is 0 Å². The molecule has 0 unspecified atom stereocenters. The minimum absolute atomic E-state index is 0.0743. The third-order valence-corrected chi connectivity index (χ3v) is 2.46. The van der Waals surface area contributed by atoms with Crippen molar-refractivity contribution in [2.45, 2.75) is 17.9 Å². The molecule has 0 aliphatic carbocycles. The van der Waals surface area contributed by atoms with E-state index in [0.29, 0.717) is 0 Å². The number of hydrogen-bond acceptors (Lipinski definition) is 3. The van der Waals surface area contributed by atoms with Crippen molar-refractivity contribution in [3.05, 3.63) is 22.9 Å². The van der Waals surface area contributed by atoms with Crippen molar-refractivity contribution in [2.75, 3.05) is 0 Å². The lowest BCUT2D eigenvalue weighted by Crippen LogP contribution is -2.20. The molecule has 3 nitrogen and oxygen atoms in total. The third kappa shape index (κ3) is 4.08. The van der Waals surface area contributed by atoms with Crippen LogP contribution in [0, 0.1) is 0 Å². The van der Waals surface area contributed by atoms with E-state index in [4.69, 9.17) is 0 Å². The average Bonchev–Trinajstić information content (AvgIpc) is 2.24. The highest BCUT2D eigenvalue weighted by Gasteiger charge is 2.38. The van der Waals surface area contributed by atoms with Gasteiger partial charge in [-0.3, -0.25) is 4.79 Å². The zero-order chi connectivity index (χ0) is 14.8. The molecule has 106 valence electrons. The van der Waals surface area contributed by atoms with E-state index in [1.54, 1.807) is 0 Å². The van der Waals surface area contributed by atoms with Gasteiger partial charge in [-0.15, -0.1) is 13.2 Å². The van der Waals surface area contributed by atoms with Crippen LogP contribution < -0.4 is 4.74 Å². The molecule has 0 aromatic carbocycles. The highest BCUT2D eigenvalue weighted by atomic mass is 79.9. The van der Waals surface area contributed by atoms with Gasteiger partial charge in [0.05, 0.1) is 5.56 Å². The molecule has 0 amide bonds. The number of nitrogens with zero attached hydrogens (tertiary/aromatic N) is 1. The van der Waals surface area contributed by atoms with Crippen LogP contribution in [0.25, 0.3) is 0 Å². The van der Waals surface area contributed by atoms with E-state index in [1.165, 1.54) is 0 Å². The Bertz CT molecular complexity index is 485. The number of halogens is 7. The summed E-state index contributed by atoms with van der Waals surface area (Å²) in [4.78, 5) is 13.7. The van der Waals surface area contributed by atoms with Crippen molar-refractivity contribution in [1.82, 2.24) is 4.98 Å². The minimum Gasteiger partial charge on any atom is -0.388 e. The second-order valence-corrected chi connectivity index (χ2v) is 3.73. The monoisotopic (exact) mass is 351 g/mol. The topological polar surface area (TPSA) is 39.2 Å². The Morgan fingerprint density at radius 1 is 1.26 bits per heavy atom. The van der Waals surface area contributed by atoms with Crippen molar-refractivity contribution < 1.29 is 35.9 Å². The number of carbonyl (C=O) groups excluding carboxylic acids is 1. The maximum absolute atomic E-state index is 12.7. The van der Waals surface area contributed by atoms with Crippen molar-refractivity contribution >= 4 is 22.2 Å². The Labute approximate surface area is 110 Å². The third-order valence-electron chi connectivity index (χ3n) is 1.90. The summed E-state index contributed by atoms with van der Waals surface area (Å²) in [5, 5.41) is -0.394. The summed E-state index contributed by atoms with van der Waals surface area (Å²) >= 11 is 2.72. The van der Waals surface area contributed by atoms with Crippen LogP contribution in [0.4, 0.5) is 26.3 Å². The molecular formula is C9H4BrF6NO2. The molecule has 0 radical (unpaired) electrons. The predicted octanol–water partition coefficient (Wildman–Crippen LogP) is 3.71. The zero-order valence-corrected chi connectivity index (χ0v) is 10.4. The van der Waals surface area contributed by atoms with Gasteiger partial charge in [-0.1, -0.05) is 15.9 Å². The number of carbonyl (C=O) groups is 1. The van der Waals surface area contributed by atoms with Gasteiger partial charge in [0.2, 0.25) is 5.88 Å². The molecule has 1 heterocycles. The van der Waals surface area contributed by atoms with E-state index in [2.05, 4.69) is 25.7 Å². The van der Waals surface area contributed by atoms with Gasteiger partial charge < -0.3 is 4.74 Å². The van der Waals surface area contributed by atoms with Crippen LogP contribution >= 0.6 is 15.9 Å². The normalized spacial score (nSPS) is 12.4. The lowest BCUT2D eigenvalue weighted by Gasteiger charge is -2.15. The molecule has 0 saturated carbocycles. The number of alkyl halides is 7. The Kier molecular flexibility index (Phi) is 4.43. The molecule has 0 bridgehead atoms. The predicted molar refractivity (Wildman–Crippen MR) is 53.9 cm³/mol. The van der Waals surface area contributed by atoms with Gasteiger partial charge in [0.15, 0.2) is 6.29 Å². The smallest absolute Gasteiger partial charge is 0.388 e. The van der Waals surface area contributed by atoms with Crippen molar-refractivity contribution in [1.29, 1.82) is 0 Å². The lowest BCUT2D eigenvalue weighted by molar-refractivity contribution is -0.276. The van der Waals surface area contributed by atoms with Gasteiger partial charge in [0.1, 0.15) is 5.69 Å². The van der Waals surface area contributed by atoms with Crippen LogP contribution in [0.1, 0.15) is 21.6 Å². The summed E-state index contributed by atoms with van der Waals surface area (Å²) in [6.07, 6.45) is -10.2. The molecule has 0 saturated heterocycles. The fourth-order valence-electron chi connectivity index (χ4n) is 1.23. The first-order valence-electron chi connectivity index (χ1n) is 4.46. The summed E-state index contributed by atoms with van der Waals surface area (Å²) in [6, 6.07) is 0.0943. The number of rotatable bonds is 3. The maximum Gasteiger partial charge on any atom is 0.574 e. The van der Waals surface area contributed by atoms with E-state index in [1.807, 2.05) is 0 Å². The molecule has 0 N–H and O–H groups in total. The molecular weight excluding hydrogens is 348 g/mol. The lowest BCUT2D eigenvalue weighted by atomic mass is 10.1. The summed E-state index contributed by atoms with van der Waals surface area (Å²) in [5.41, 5.74) is -2.75. The van der Waals surface area contributed by atoms with E-state index in [-0.39, 0.29) is 12.4 Å². The molecule has 0 spiro atoms. The molecule has 0 atom stereocenters. The molecule has 0 aliphatic rings. The van der Waals surface area contributed by atoms with Crippen molar-refractivity contribution in [3.8, 4) is 5.88 Å². The van der Waals surface area contributed by atoms with Crippen molar-refractivity contribution in [2.24, 2.45) is 0 Å². The Morgan fingerprint density at radius 2 is 1.84 bits per heavy atom. The Balaban J connectivity index is 3.43. The van der Waals surface area contributed by atoms with Crippen molar-refractivity contribution in [3.63, 3.8) is 0 Å². The SMILES string of the molecule is O=Cc1nc(OC(F)(F)F)cc(C(F)(F)F)c1CBr. The van der Waals surface area contributed by atoms with E-state index < -0.39 is 40.6 Å². The first-order valence-corrected chi connectivity index (χ1v) is 5.58. The molecule has 10 heteroatoms. The van der Waals surface area contributed by atoms with Gasteiger partial charge in [-0.2, -0.15) is 13.2 Å². The quantitative estimate of drug-likeness (QED) is 0.473. The van der Waals surface area contributed by atoms with E-state index in [0.717, 1.165) is 0 Å². The molecule has 19 heavy (non-hydrogen) atoms. The first-order chi connectivity index (χ1) is 8.58. The Hall–Kier alpha value is -1.32. The molecule has 0 fully saturated rings. The second kappa shape index (κ2) is 5.35. The van der Waals surface area contributed by atoms with E-state index in [9.17, 15) is 31.1 Å². The number of ether oxygens (including phenoxy) is 1. The van der Waals surface area contributed by atoms with Crippen LogP contribution in [-0.2, 0) is 11.5 Å². The highest BCUT2D eigenvalue weighted by Crippen LogP contribution is 2.36.